The minimum absolute atomic E-state index is 0.0220. The normalized spacial score (nSPS) is 17.1. The molecular formula is C16H13F2NO. The fourth-order valence-electron chi connectivity index (χ4n) is 2.69. The van der Waals surface area contributed by atoms with E-state index in [2.05, 4.69) is 0 Å². The summed E-state index contributed by atoms with van der Waals surface area (Å²) in [6.45, 7) is 1.92. The Morgan fingerprint density at radius 2 is 1.80 bits per heavy atom. The minimum Gasteiger partial charge on any atom is -0.305 e. The van der Waals surface area contributed by atoms with Gasteiger partial charge in [-0.25, -0.2) is 8.78 Å². The van der Waals surface area contributed by atoms with Crippen LogP contribution in [0.15, 0.2) is 42.5 Å². The Bertz CT molecular complexity index is 664. The summed E-state index contributed by atoms with van der Waals surface area (Å²) >= 11 is 0. The van der Waals surface area contributed by atoms with E-state index in [0.29, 0.717) is 0 Å². The molecule has 0 radical (unpaired) electrons. The van der Waals surface area contributed by atoms with Crippen molar-refractivity contribution < 1.29 is 13.6 Å². The molecule has 1 aliphatic heterocycles. The van der Waals surface area contributed by atoms with Crippen molar-refractivity contribution in [2.75, 3.05) is 4.90 Å². The molecule has 2 aromatic carbocycles. The van der Waals surface area contributed by atoms with Crippen molar-refractivity contribution >= 4 is 11.6 Å². The molecule has 1 atom stereocenters. The number of benzene rings is 2. The fraction of sp³-hybridized carbons (Fsp3) is 0.188. The second-order valence-electron chi connectivity index (χ2n) is 5.02. The maximum Gasteiger partial charge on any atom is 0.258 e. The van der Waals surface area contributed by atoms with Crippen molar-refractivity contribution in [3.8, 4) is 0 Å². The molecule has 0 spiro atoms. The lowest BCUT2D eigenvalue weighted by Crippen LogP contribution is -2.35. The van der Waals surface area contributed by atoms with E-state index in [0.717, 1.165) is 35.9 Å². The molecule has 2 nitrogen and oxygen atoms in total. The van der Waals surface area contributed by atoms with Gasteiger partial charge in [-0.2, -0.15) is 0 Å². The van der Waals surface area contributed by atoms with Gasteiger partial charge in [-0.3, -0.25) is 4.79 Å². The van der Waals surface area contributed by atoms with Gasteiger partial charge in [0, 0.05) is 23.4 Å². The summed E-state index contributed by atoms with van der Waals surface area (Å²) in [6, 6.07) is 10.5. The van der Waals surface area contributed by atoms with E-state index < -0.39 is 11.6 Å². The number of rotatable bonds is 1. The summed E-state index contributed by atoms with van der Waals surface area (Å²) < 4.78 is 26.5. The SMILES string of the molecule is C[C@H]1Cc2ccccc2N1C(=O)c1cc(F)cc(F)c1. The van der Waals surface area contributed by atoms with Crippen molar-refractivity contribution in [2.45, 2.75) is 19.4 Å². The van der Waals surface area contributed by atoms with Gasteiger partial charge >= 0.3 is 0 Å². The van der Waals surface area contributed by atoms with E-state index in [1.807, 2.05) is 31.2 Å². The van der Waals surface area contributed by atoms with Gasteiger partial charge in [-0.1, -0.05) is 18.2 Å². The van der Waals surface area contributed by atoms with Crippen molar-refractivity contribution in [2.24, 2.45) is 0 Å². The largest absolute Gasteiger partial charge is 0.305 e. The summed E-state index contributed by atoms with van der Waals surface area (Å²) in [4.78, 5) is 14.1. The van der Waals surface area contributed by atoms with Crippen LogP contribution in [-0.2, 0) is 6.42 Å². The summed E-state index contributed by atoms with van der Waals surface area (Å²) in [7, 11) is 0. The van der Waals surface area contributed by atoms with Gasteiger partial charge in [0.25, 0.3) is 5.91 Å². The zero-order valence-corrected chi connectivity index (χ0v) is 10.9. The van der Waals surface area contributed by atoms with Gasteiger partial charge < -0.3 is 4.90 Å². The molecule has 3 rings (SSSR count). The number of carbonyl (C=O) groups excluding carboxylic acids is 1. The second-order valence-corrected chi connectivity index (χ2v) is 5.02. The average molecular weight is 273 g/mol. The third kappa shape index (κ3) is 2.07. The van der Waals surface area contributed by atoms with E-state index in [-0.39, 0.29) is 17.5 Å². The first-order valence-corrected chi connectivity index (χ1v) is 6.44. The first kappa shape index (κ1) is 12.8. The molecule has 0 saturated heterocycles. The van der Waals surface area contributed by atoms with Crippen molar-refractivity contribution in [1.82, 2.24) is 0 Å². The highest BCUT2D eigenvalue weighted by Gasteiger charge is 2.31. The van der Waals surface area contributed by atoms with Crippen LogP contribution in [-0.4, -0.2) is 11.9 Å². The number of para-hydroxylation sites is 1. The summed E-state index contributed by atoms with van der Waals surface area (Å²) in [5, 5.41) is 0. The lowest BCUT2D eigenvalue weighted by Gasteiger charge is -2.22. The number of nitrogens with zero attached hydrogens (tertiary/aromatic N) is 1. The van der Waals surface area contributed by atoms with Crippen LogP contribution < -0.4 is 4.90 Å². The van der Waals surface area contributed by atoms with E-state index >= 15 is 0 Å². The number of hydrogen-bond donors (Lipinski definition) is 0. The summed E-state index contributed by atoms with van der Waals surface area (Å²) in [5.74, 6) is -1.86. The predicted octanol–water partition coefficient (Wildman–Crippen LogP) is 3.56. The van der Waals surface area contributed by atoms with Crippen LogP contribution in [0.1, 0.15) is 22.8 Å². The fourth-order valence-corrected chi connectivity index (χ4v) is 2.69. The Kier molecular flexibility index (Phi) is 3.01. The lowest BCUT2D eigenvalue weighted by atomic mass is 10.1. The molecule has 102 valence electrons. The third-order valence-electron chi connectivity index (χ3n) is 3.54. The van der Waals surface area contributed by atoms with Gasteiger partial charge in [0.15, 0.2) is 0 Å². The Hall–Kier alpha value is -2.23. The number of amides is 1. The van der Waals surface area contributed by atoms with Gasteiger partial charge in [-0.15, -0.1) is 0 Å². The smallest absolute Gasteiger partial charge is 0.258 e. The zero-order chi connectivity index (χ0) is 14.3. The van der Waals surface area contributed by atoms with E-state index in [9.17, 15) is 13.6 Å². The minimum atomic E-state index is -0.742. The second kappa shape index (κ2) is 4.71. The third-order valence-corrected chi connectivity index (χ3v) is 3.54. The van der Waals surface area contributed by atoms with Crippen LogP contribution >= 0.6 is 0 Å². The molecule has 1 aliphatic rings. The van der Waals surface area contributed by atoms with Crippen LogP contribution in [0.25, 0.3) is 0 Å². The Labute approximate surface area is 115 Å². The van der Waals surface area contributed by atoms with Gasteiger partial charge in [0.05, 0.1) is 0 Å². The quantitative estimate of drug-likeness (QED) is 0.778. The highest BCUT2D eigenvalue weighted by atomic mass is 19.1. The predicted molar refractivity (Wildman–Crippen MR) is 72.8 cm³/mol. The summed E-state index contributed by atoms with van der Waals surface area (Å²) in [5.41, 5.74) is 1.92. The molecule has 0 aromatic heterocycles. The van der Waals surface area contributed by atoms with Crippen molar-refractivity contribution in [1.29, 1.82) is 0 Å². The van der Waals surface area contributed by atoms with Crippen LogP contribution in [0.5, 0.6) is 0 Å². The molecule has 2 aromatic rings. The van der Waals surface area contributed by atoms with Crippen LogP contribution in [0.3, 0.4) is 0 Å². The molecule has 0 unspecified atom stereocenters. The van der Waals surface area contributed by atoms with Gasteiger partial charge in [-0.05, 0) is 37.1 Å². The molecule has 0 saturated carbocycles. The molecule has 20 heavy (non-hydrogen) atoms. The maximum atomic E-state index is 13.3. The number of halogens is 2. The lowest BCUT2D eigenvalue weighted by molar-refractivity contribution is 0.0980. The molecule has 0 aliphatic carbocycles. The molecule has 0 bridgehead atoms. The number of carbonyl (C=O) groups is 1. The first-order chi connectivity index (χ1) is 9.56. The standard InChI is InChI=1S/C16H13F2NO/c1-10-6-11-4-2-3-5-15(11)19(10)16(20)12-7-13(17)9-14(18)8-12/h2-5,7-10H,6H2,1H3/t10-/m0/s1. The number of fused-ring (bicyclic) bond motifs is 1. The Balaban J connectivity index is 2.02. The Morgan fingerprint density at radius 1 is 1.15 bits per heavy atom. The number of anilines is 1. The number of hydrogen-bond acceptors (Lipinski definition) is 1. The molecule has 0 N–H and O–H groups in total. The first-order valence-electron chi connectivity index (χ1n) is 6.44. The van der Waals surface area contributed by atoms with Gasteiger partial charge in [0.2, 0.25) is 0 Å². The zero-order valence-electron chi connectivity index (χ0n) is 10.9. The molecule has 4 heteroatoms. The van der Waals surface area contributed by atoms with Gasteiger partial charge in [0.1, 0.15) is 11.6 Å². The molecule has 1 amide bonds. The highest BCUT2D eigenvalue weighted by Crippen LogP contribution is 2.33. The van der Waals surface area contributed by atoms with E-state index in [4.69, 9.17) is 0 Å². The topological polar surface area (TPSA) is 20.3 Å². The Morgan fingerprint density at radius 3 is 2.50 bits per heavy atom. The molecule has 1 heterocycles. The van der Waals surface area contributed by atoms with Crippen LogP contribution in [0.2, 0.25) is 0 Å². The van der Waals surface area contributed by atoms with E-state index in [1.54, 1.807) is 4.90 Å². The maximum absolute atomic E-state index is 13.3. The van der Waals surface area contributed by atoms with Crippen molar-refractivity contribution in [3.63, 3.8) is 0 Å². The van der Waals surface area contributed by atoms with Crippen molar-refractivity contribution in [3.05, 3.63) is 65.2 Å². The molecular weight excluding hydrogens is 260 g/mol. The van der Waals surface area contributed by atoms with Crippen LogP contribution in [0.4, 0.5) is 14.5 Å². The monoisotopic (exact) mass is 273 g/mol. The summed E-state index contributed by atoms with van der Waals surface area (Å²) in [6.07, 6.45) is 0.750. The average Bonchev–Trinajstić information content (AvgIpc) is 2.72. The van der Waals surface area contributed by atoms with Crippen LogP contribution in [0, 0.1) is 11.6 Å². The highest BCUT2D eigenvalue weighted by molar-refractivity contribution is 6.07. The molecule has 0 fully saturated rings. The van der Waals surface area contributed by atoms with E-state index in [1.165, 1.54) is 0 Å².